The fourth-order valence-electron chi connectivity index (χ4n) is 2.42. The molecule has 1 N–H and O–H groups in total. The smallest absolute Gasteiger partial charge is 0.209 e. The van der Waals surface area contributed by atoms with Gasteiger partial charge in [-0.05, 0) is 31.0 Å². The van der Waals surface area contributed by atoms with Crippen molar-refractivity contribution in [2.75, 3.05) is 0 Å². The summed E-state index contributed by atoms with van der Waals surface area (Å²) < 4.78 is 13.8. The number of halogens is 1. The first-order valence-electron chi connectivity index (χ1n) is 8.05. The number of nitrogens with zero attached hydrogens (tertiary/aromatic N) is 2. The first kappa shape index (κ1) is 17.4. The highest BCUT2D eigenvalue weighted by Gasteiger charge is 2.19. The summed E-state index contributed by atoms with van der Waals surface area (Å²) in [5, 5.41) is 6.90. The average molecular weight is 355 g/mol. The second kappa shape index (κ2) is 7.61. The van der Waals surface area contributed by atoms with Crippen LogP contribution >= 0.6 is 11.8 Å². The SMILES string of the molecule is CCc1ccc(C(=O)[C@H](C)Sc2n[nH]c(-c3ccccc3F)n2)cc1. The molecule has 4 nitrogen and oxygen atoms in total. The van der Waals surface area contributed by atoms with Gasteiger partial charge in [0.2, 0.25) is 5.16 Å². The Morgan fingerprint density at radius 2 is 1.92 bits per heavy atom. The van der Waals surface area contributed by atoms with E-state index in [4.69, 9.17) is 0 Å². The van der Waals surface area contributed by atoms with Gasteiger partial charge in [0.05, 0.1) is 10.8 Å². The molecular formula is C19H18FN3OS. The molecule has 0 aliphatic rings. The molecule has 0 fully saturated rings. The van der Waals surface area contributed by atoms with Gasteiger partial charge in [-0.25, -0.2) is 9.37 Å². The molecule has 128 valence electrons. The highest BCUT2D eigenvalue weighted by Crippen LogP contribution is 2.26. The van der Waals surface area contributed by atoms with Crippen LogP contribution in [0, 0.1) is 5.82 Å². The second-order valence-electron chi connectivity index (χ2n) is 5.62. The van der Waals surface area contributed by atoms with E-state index in [1.165, 1.54) is 23.4 Å². The zero-order chi connectivity index (χ0) is 17.8. The lowest BCUT2D eigenvalue weighted by Crippen LogP contribution is -2.13. The number of hydrogen-bond acceptors (Lipinski definition) is 4. The maximum atomic E-state index is 13.8. The third-order valence-corrected chi connectivity index (χ3v) is 4.85. The first-order valence-corrected chi connectivity index (χ1v) is 8.93. The topological polar surface area (TPSA) is 58.6 Å². The van der Waals surface area contributed by atoms with Crippen molar-refractivity contribution in [3.05, 3.63) is 65.5 Å². The predicted molar refractivity (Wildman–Crippen MR) is 97.2 cm³/mol. The fourth-order valence-corrected chi connectivity index (χ4v) is 3.23. The molecule has 25 heavy (non-hydrogen) atoms. The van der Waals surface area contributed by atoms with E-state index in [1.54, 1.807) is 18.2 Å². The largest absolute Gasteiger partial charge is 0.293 e. The summed E-state index contributed by atoms with van der Waals surface area (Å²) in [6, 6.07) is 14.0. The molecule has 3 aromatic rings. The van der Waals surface area contributed by atoms with E-state index in [2.05, 4.69) is 22.1 Å². The van der Waals surface area contributed by atoms with Gasteiger partial charge >= 0.3 is 0 Å². The highest BCUT2D eigenvalue weighted by molar-refractivity contribution is 8.00. The molecule has 1 heterocycles. The summed E-state index contributed by atoms with van der Waals surface area (Å²) in [7, 11) is 0. The van der Waals surface area contributed by atoms with E-state index >= 15 is 0 Å². The molecule has 2 aromatic carbocycles. The van der Waals surface area contributed by atoms with Crippen molar-refractivity contribution in [1.29, 1.82) is 0 Å². The Bertz CT molecular complexity index is 876. The van der Waals surface area contributed by atoms with Crippen molar-refractivity contribution in [3.8, 4) is 11.4 Å². The molecule has 0 bridgehead atoms. The zero-order valence-electron chi connectivity index (χ0n) is 14.0. The van der Waals surface area contributed by atoms with Gasteiger partial charge in [0, 0.05) is 5.56 Å². The third kappa shape index (κ3) is 3.96. The van der Waals surface area contributed by atoms with Crippen molar-refractivity contribution < 1.29 is 9.18 Å². The minimum atomic E-state index is -0.365. The lowest BCUT2D eigenvalue weighted by atomic mass is 10.1. The number of carbonyl (C=O) groups excluding carboxylic acids is 1. The fraction of sp³-hybridized carbons (Fsp3) is 0.211. The Morgan fingerprint density at radius 1 is 1.20 bits per heavy atom. The van der Waals surface area contributed by atoms with E-state index in [9.17, 15) is 9.18 Å². The summed E-state index contributed by atoms with van der Waals surface area (Å²) in [5.74, 6) is 0.00720. The summed E-state index contributed by atoms with van der Waals surface area (Å²) in [4.78, 5) is 16.8. The van der Waals surface area contributed by atoms with Crippen LogP contribution in [-0.4, -0.2) is 26.2 Å². The van der Waals surface area contributed by atoms with Gasteiger partial charge in [-0.15, -0.1) is 5.10 Å². The zero-order valence-corrected chi connectivity index (χ0v) is 14.8. The Morgan fingerprint density at radius 3 is 2.60 bits per heavy atom. The molecule has 0 unspecified atom stereocenters. The van der Waals surface area contributed by atoms with Gasteiger partial charge in [-0.3, -0.25) is 9.89 Å². The molecule has 6 heteroatoms. The first-order chi connectivity index (χ1) is 12.1. The number of aromatic amines is 1. The van der Waals surface area contributed by atoms with Crippen LogP contribution in [0.4, 0.5) is 4.39 Å². The van der Waals surface area contributed by atoms with Crippen molar-refractivity contribution in [2.45, 2.75) is 30.7 Å². The minimum absolute atomic E-state index is 0.0184. The number of H-pyrrole nitrogens is 1. The summed E-state index contributed by atoms with van der Waals surface area (Å²) in [6.07, 6.45) is 0.939. The molecule has 1 aromatic heterocycles. The van der Waals surface area contributed by atoms with Crippen LogP contribution < -0.4 is 0 Å². The van der Waals surface area contributed by atoms with Crippen LogP contribution in [-0.2, 0) is 6.42 Å². The van der Waals surface area contributed by atoms with Crippen LogP contribution in [0.1, 0.15) is 29.8 Å². The highest BCUT2D eigenvalue weighted by atomic mass is 32.2. The molecular weight excluding hydrogens is 337 g/mol. The number of Topliss-reactive ketones (excluding diaryl/α,β-unsaturated/α-hetero) is 1. The summed E-state index contributed by atoms with van der Waals surface area (Å²) >= 11 is 1.25. The molecule has 0 saturated heterocycles. The van der Waals surface area contributed by atoms with Gasteiger partial charge in [0.25, 0.3) is 0 Å². The molecule has 0 spiro atoms. The number of rotatable bonds is 6. The van der Waals surface area contributed by atoms with E-state index in [0.29, 0.717) is 22.1 Å². The van der Waals surface area contributed by atoms with E-state index in [0.717, 1.165) is 6.42 Å². The molecule has 0 amide bonds. The van der Waals surface area contributed by atoms with Crippen molar-refractivity contribution >= 4 is 17.5 Å². The van der Waals surface area contributed by atoms with Gasteiger partial charge < -0.3 is 0 Å². The Balaban J connectivity index is 1.71. The maximum absolute atomic E-state index is 13.8. The van der Waals surface area contributed by atoms with Gasteiger partial charge in [-0.1, -0.05) is 55.1 Å². The number of nitrogens with one attached hydrogen (secondary N) is 1. The molecule has 0 saturated carbocycles. The Hall–Kier alpha value is -2.47. The maximum Gasteiger partial charge on any atom is 0.209 e. The average Bonchev–Trinajstić information content (AvgIpc) is 3.09. The molecule has 1 atom stereocenters. The summed E-state index contributed by atoms with van der Waals surface area (Å²) in [5.41, 5.74) is 2.22. The number of aromatic nitrogens is 3. The minimum Gasteiger partial charge on any atom is -0.293 e. The molecule has 0 radical (unpaired) electrons. The lowest BCUT2D eigenvalue weighted by molar-refractivity contribution is 0.0994. The number of benzene rings is 2. The van der Waals surface area contributed by atoms with E-state index < -0.39 is 0 Å². The Kier molecular flexibility index (Phi) is 5.28. The molecule has 0 aliphatic carbocycles. The molecule has 0 aliphatic heterocycles. The van der Waals surface area contributed by atoms with Crippen LogP contribution in [0.5, 0.6) is 0 Å². The lowest BCUT2D eigenvalue weighted by Gasteiger charge is -2.08. The van der Waals surface area contributed by atoms with Gasteiger partial charge in [0.1, 0.15) is 5.82 Å². The van der Waals surface area contributed by atoms with Crippen LogP contribution in [0.25, 0.3) is 11.4 Å². The van der Waals surface area contributed by atoms with E-state index in [-0.39, 0.29) is 16.9 Å². The number of ketones is 1. The second-order valence-corrected chi connectivity index (χ2v) is 6.93. The number of hydrogen-bond donors (Lipinski definition) is 1. The van der Waals surface area contributed by atoms with Gasteiger partial charge in [-0.2, -0.15) is 0 Å². The van der Waals surface area contributed by atoms with Crippen LogP contribution in [0.3, 0.4) is 0 Å². The normalized spacial score (nSPS) is 12.1. The molecule has 3 rings (SSSR count). The number of thioether (sulfide) groups is 1. The quantitative estimate of drug-likeness (QED) is 0.521. The van der Waals surface area contributed by atoms with Crippen LogP contribution in [0.15, 0.2) is 53.7 Å². The van der Waals surface area contributed by atoms with E-state index in [1.807, 2.05) is 31.2 Å². The van der Waals surface area contributed by atoms with Crippen molar-refractivity contribution in [2.24, 2.45) is 0 Å². The Labute approximate surface area is 149 Å². The predicted octanol–water partition coefficient (Wildman–Crippen LogP) is 4.54. The van der Waals surface area contributed by atoms with Crippen molar-refractivity contribution in [1.82, 2.24) is 15.2 Å². The van der Waals surface area contributed by atoms with Crippen LogP contribution in [0.2, 0.25) is 0 Å². The number of aryl methyl sites for hydroxylation is 1. The monoisotopic (exact) mass is 355 g/mol. The van der Waals surface area contributed by atoms with Crippen molar-refractivity contribution in [3.63, 3.8) is 0 Å². The standard InChI is InChI=1S/C19H18FN3OS/c1-3-13-8-10-14(11-9-13)17(24)12(2)25-19-21-18(22-23-19)15-6-4-5-7-16(15)20/h4-12H,3H2,1-2H3,(H,21,22,23)/t12-/m0/s1. The summed E-state index contributed by atoms with van der Waals surface area (Å²) in [6.45, 7) is 3.89. The number of carbonyl (C=O) groups is 1. The van der Waals surface area contributed by atoms with Gasteiger partial charge in [0.15, 0.2) is 11.6 Å². The third-order valence-electron chi connectivity index (χ3n) is 3.89.